The van der Waals surface area contributed by atoms with Gasteiger partial charge in [0, 0.05) is 11.9 Å². The molecule has 1 N–H and O–H groups in total. The largest absolute Gasteiger partial charge is 0.463 e. The molecule has 1 aromatic carbocycles. The van der Waals surface area contributed by atoms with Crippen LogP contribution in [0.25, 0.3) is 17.1 Å². The first-order valence-electron chi connectivity index (χ1n) is 8.51. The zero-order valence-corrected chi connectivity index (χ0v) is 14.7. The molecule has 0 spiro atoms. The highest BCUT2D eigenvalue weighted by molar-refractivity contribution is 5.77. The van der Waals surface area contributed by atoms with Crippen LogP contribution in [-0.4, -0.2) is 9.38 Å². The summed E-state index contributed by atoms with van der Waals surface area (Å²) in [6.07, 6.45) is 3.76. The summed E-state index contributed by atoms with van der Waals surface area (Å²) < 4.78 is 7.67. The van der Waals surface area contributed by atoms with E-state index in [0.717, 1.165) is 28.6 Å². The lowest BCUT2D eigenvalue weighted by Gasteiger charge is -2.10. The molecule has 4 nitrogen and oxygen atoms in total. The second-order valence-electron chi connectivity index (χ2n) is 6.62. The van der Waals surface area contributed by atoms with Gasteiger partial charge in [0.05, 0.1) is 6.26 Å². The van der Waals surface area contributed by atoms with Gasteiger partial charge in [0.2, 0.25) is 0 Å². The molecule has 0 radical (unpaired) electrons. The van der Waals surface area contributed by atoms with E-state index >= 15 is 0 Å². The van der Waals surface area contributed by atoms with Crippen LogP contribution in [0.3, 0.4) is 0 Å². The maximum atomic E-state index is 5.59. The van der Waals surface area contributed by atoms with E-state index in [2.05, 4.69) is 67.0 Å². The van der Waals surface area contributed by atoms with E-state index in [1.165, 1.54) is 11.1 Å². The quantitative estimate of drug-likeness (QED) is 0.516. The summed E-state index contributed by atoms with van der Waals surface area (Å²) in [5, 5.41) is 3.52. The smallest absolute Gasteiger partial charge is 0.156 e. The Bertz CT molecular complexity index is 996. The van der Waals surface area contributed by atoms with Gasteiger partial charge >= 0.3 is 0 Å². The summed E-state index contributed by atoms with van der Waals surface area (Å²) in [7, 11) is 0. The SMILES string of the molecule is Cc1ccc2nc(-c3ccco3)c(Nc3ccc(C(C)C)cc3)n2c1. The zero-order chi connectivity index (χ0) is 17.4. The van der Waals surface area contributed by atoms with E-state index < -0.39 is 0 Å². The number of hydrogen-bond acceptors (Lipinski definition) is 3. The van der Waals surface area contributed by atoms with Crippen LogP contribution < -0.4 is 5.32 Å². The van der Waals surface area contributed by atoms with Crippen molar-refractivity contribution in [2.75, 3.05) is 5.32 Å². The number of rotatable bonds is 4. The Labute approximate surface area is 147 Å². The summed E-state index contributed by atoms with van der Waals surface area (Å²) in [6.45, 7) is 6.47. The van der Waals surface area contributed by atoms with Crippen molar-refractivity contribution < 1.29 is 4.42 Å². The molecule has 0 aliphatic heterocycles. The number of nitrogens with zero attached hydrogens (tertiary/aromatic N) is 2. The van der Waals surface area contributed by atoms with E-state index in [4.69, 9.17) is 9.40 Å². The van der Waals surface area contributed by atoms with Crippen LogP contribution in [0.1, 0.15) is 30.9 Å². The van der Waals surface area contributed by atoms with Crippen LogP contribution in [0, 0.1) is 6.92 Å². The summed E-state index contributed by atoms with van der Waals surface area (Å²) >= 11 is 0. The Morgan fingerprint density at radius 3 is 2.52 bits per heavy atom. The van der Waals surface area contributed by atoms with Crippen LogP contribution in [0.15, 0.2) is 65.4 Å². The molecule has 0 bridgehead atoms. The average molecular weight is 331 g/mol. The van der Waals surface area contributed by atoms with Crippen LogP contribution >= 0.6 is 0 Å². The van der Waals surface area contributed by atoms with Crippen molar-refractivity contribution in [1.29, 1.82) is 0 Å². The van der Waals surface area contributed by atoms with E-state index in [-0.39, 0.29) is 0 Å². The monoisotopic (exact) mass is 331 g/mol. The Morgan fingerprint density at radius 2 is 1.84 bits per heavy atom. The Hall–Kier alpha value is -3.01. The maximum Gasteiger partial charge on any atom is 0.156 e. The molecular weight excluding hydrogens is 310 g/mol. The van der Waals surface area contributed by atoms with Crippen molar-refractivity contribution in [3.05, 3.63) is 72.1 Å². The molecule has 0 fully saturated rings. The van der Waals surface area contributed by atoms with Crippen molar-refractivity contribution in [2.24, 2.45) is 0 Å². The number of anilines is 2. The third-order valence-corrected chi connectivity index (χ3v) is 4.36. The van der Waals surface area contributed by atoms with Gasteiger partial charge in [-0.2, -0.15) is 0 Å². The number of benzene rings is 1. The number of imidazole rings is 1. The highest BCUT2D eigenvalue weighted by Crippen LogP contribution is 2.32. The van der Waals surface area contributed by atoms with Gasteiger partial charge < -0.3 is 9.73 Å². The fourth-order valence-corrected chi connectivity index (χ4v) is 2.94. The molecule has 4 rings (SSSR count). The van der Waals surface area contributed by atoms with Gasteiger partial charge in [-0.15, -0.1) is 0 Å². The van der Waals surface area contributed by atoms with Crippen molar-refractivity contribution >= 4 is 17.2 Å². The number of hydrogen-bond donors (Lipinski definition) is 1. The minimum atomic E-state index is 0.520. The molecule has 0 aliphatic rings. The number of pyridine rings is 1. The van der Waals surface area contributed by atoms with Gasteiger partial charge in [-0.1, -0.05) is 32.0 Å². The zero-order valence-electron chi connectivity index (χ0n) is 14.7. The fraction of sp³-hybridized carbons (Fsp3) is 0.190. The lowest BCUT2D eigenvalue weighted by molar-refractivity contribution is 0.581. The maximum absolute atomic E-state index is 5.59. The van der Waals surface area contributed by atoms with Crippen LogP contribution in [-0.2, 0) is 0 Å². The number of fused-ring (bicyclic) bond motifs is 1. The second-order valence-corrected chi connectivity index (χ2v) is 6.62. The fourth-order valence-electron chi connectivity index (χ4n) is 2.94. The van der Waals surface area contributed by atoms with Gasteiger partial charge in [-0.25, -0.2) is 4.98 Å². The number of furan rings is 1. The lowest BCUT2D eigenvalue weighted by Crippen LogP contribution is -1.98. The summed E-state index contributed by atoms with van der Waals surface area (Å²) in [5.74, 6) is 2.18. The number of aromatic nitrogens is 2. The molecule has 126 valence electrons. The summed E-state index contributed by atoms with van der Waals surface area (Å²) in [6, 6.07) is 16.4. The highest BCUT2D eigenvalue weighted by Gasteiger charge is 2.16. The van der Waals surface area contributed by atoms with Gasteiger partial charge in [0.15, 0.2) is 5.76 Å². The molecular formula is C21H21N3O. The van der Waals surface area contributed by atoms with Gasteiger partial charge in [0.25, 0.3) is 0 Å². The van der Waals surface area contributed by atoms with Crippen molar-refractivity contribution in [3.63, 3.8) is 0 Å². The van der Waals surface area contributed by atoms with Crippen molar-refractivity contribution in [1.82, 2.24) is 9.38 Å². The first-order chi connectivity index (χ1) is 12.1. The van der Waals surface area contributed by atoms with Crippen molar-refractivity contribution in [3.8, 4) is 11.5 Å². The predicted molar refractivity (Wildman–Crippen MR) is 101 cm³/mol. The molecule has 3 aromatic heterocycles. The molecule has 25 heavy (non-hydrogen) atoms. The topological polar surface area (TPSA) is 42.5 Å². The van der Waals surface area contributed by atoms with Gasteiger partial charge in [-0.3, -0.25) is 4.40 Å². The molecule has 0 unspecified atom stereocenters. The van der Waals surface area contributed by atoms with Crippen molar-refractivity contribution in [2.45, 2.75) is 26.7 Å². The van der Waals surface area contributed by atoms with E-state index in [1.54, 1.807) is 6.26 Å². The third kappa shape index (κ3) is 2.91. The van der Waals surface area contributed by atoms with Gasteiger partial charge in [0.1, 0.15) is 17.2 Å². The molecule has 0 saturated heterocycles. The first kappa shape index (κ1) is 15.5. The Morgan fingerprint density at radius 1 is 1.04 bits per heavy atom. The molecule has 0 atom stereocenters. The third-order valence-electron chi connectivity index (χ3n) is 4.36. The second kappa shape index (κ2) is 6.13. The molecule has 4 aromatic rings. The van der Waals surface area contributed by atoms with E-state index in [1.807, 2.05) is 18.2 Å². The molecule has 0 saturated carbocycles. The Kier molecular flexibility index (Phi) is 3.80. The minimum Gasteiger partial charge on any atom is -0.463 e. The summed E-state index contributed by atoms with van der Waals surface area (Å²) in [5.41, 5.74) is 5.22. The Balaban J connectivity index is 1.81. The van der Waals surface area contributed by atoms with Crippen LogP contribution in [0.5, 0.6) is 0 Å². The van der Waals surface area contributed by atoms with Crippen LogP contribution in [0.4, 0.5) is 11.5 Å². The molecule has 0 aliphatic carbocycles. The lowest BCUT2D eigenvalue weighted by atomic mass is 10.0. The highest BCUT2D eigenvalue weighted by atomic mass is 16.3. The first-order valence-corrected chi connectivity index (χ1v) is 8.51. The normalized spacial score (nSPS) is 11.4. The predicted octanol–water partition coefficient (Wildman–Crippen LogP) is 5.77. The van der Waals surface area contributed by atoms with E-state index in [9.17, 15) is 0 Å². The standard InChI is InChI=1S/C21H21N3O/c1-14(2)16-7-9-17(10-8-16)22-21-20(18-5-4-12-25-18)23-19-11-6-15(3)13-24(19)21/h4-14,22H,1-3H3. The minimum absolute atomic E-state index is 0.520. The number of nitrogens with one attached hydrogen (secondary N) is 1. The molecule has 3 heterocycles. The van der Waals surface area contributed by atoms with E-state index in [0.29, 0.717) is 5.92 Å². The van der Waals surface area contributed by atoms with Gasteiger partial charge in [-0.05, 0) is 54.3 Å². The average Bonchev–Trinajstić information content (AvgIpc) is 3.24. The number of aryl methyl sites for hydroxylation is 1. The molecule has 4 heteroatoms. The van der Waals surface area contributed by atoms with Crippen LogP contribution in [0.2, 0.25) is 0 Å². The molecule has 0 amide bonds. The summed E-state index contributed by atoms with van der Waals surface area (Å²) in [4.78, 5) is 4.74.